The Morgan fingerprint density at radius 1 is 1.05 bits per heavy atom. The predicted octanol–water partition coefficient (Wildman–Crippen LogP) is 4.89. The molecule has 1 unspecified atom stereocenters. The molecular formula is C30H26N4O5. The largest absolute Gasteiger partial charge is 0.486 e. The normalized spacial score (nSPS) is 16.0. The van der Waals surface area contributed by atoms with E-state index in [0.717, 1.165) is 22.5 Å². The molecule has 3 heterocycles. The van der Waals surface area contributed by atoms with Gasteiger partial charge in [0.05, 0.1) is 23.6 Å². The number of fused-ring (bicyclic) bond motifs is 2. The Kier molecular flexibility index (Phi) is 6.32. The number of carbonyl (C=O) groups is 2. The number of rotatable bonds is 6. The van der Waals surface area contributed by atoms with Crippen molar-refractivity contribution in [3.63, 3.8) is 0 Å². The van der Waals surface area contributed by atoms with Crippen molar-refractivity contribution in [2.75, 3.05) is 25.1 Å². The van der Waals surface area contributed by atoms with Gasteiger partial charge in [0.1, 0.15) is 25.0 Å². The molecule has 0 saturated carbocycles. The summed E-state index contributed by atoms with van der Waals surface area (Å²) in [5.74, 6) is 0.731. The Morgan fingerprint density at radius 2 is 1.82 bits per heavy atom. The highest BCUT2D eigenvalue weighted by molar-refractivity contribution is 6.24. The molecule has 1 N–H and O–H groups in total. The highest BCUT2D eigenvalue weighted by atomic mass is 16.6. The molecule has 6 rings (SSSR count). The average Bonchev–Trinajstić information content (AvgIpc) is 3.53. The summed E-state index contributed by atoms with van der Waals surface area (Å²) in [6.07, 6.45) is 3.65. The molecule has 0 spiro atoms. The quantitative estimate of drug-likeness (QED) is 0.286. The maximum Gasteiger partial charge on any atom is 0.338 e. The smallest absolute Gasteiger partial charge is 0.338 e. The topological polar surface area (TPSA) is 104 Å². The van der Waals surface area contributed by atoms with Crippen molar-refractivity contribution in [3.8, 4) is 22.9 Å². The minimum atomic E-state index is -0.701. The molecule has 2 aliphatic heterocycles. The fraction of sp³-hybridized carbons (Fsp3) is 0.200. The third-order valence-corrected chi connectivity index (χ3v) is 6.70. The van der Waals surface area contributed by atoms with Crippen LogP contribution in [0.4, 0.5) is 11.4 Å². The maximum atomic E-state index is 13.4. The van der Waals surface area contributed by atoms with Crippen LogP contribution in [0.15, 0.2) is 78.0 Å². The summed E-state index contributed by atoms with van der Waals surface area (Å²) in [5.41, 5.74) is 4.59. The maximum absolute atomic E-state index is 13.4. The van der Waals surface area contributed by atoms with Gasteiger partial charge < -0.3 is 24.1 Å². The molecule has 3 aromatic carbocycles. The molecule has 39 heavy (non-hydrogen) atoms. The van der Waals surface area contributed by atoms with Crippen LogP contribution in [0.1, 0.15) is 34.3 Å². The van der Waals surface area contributed by atoms with Crippen molar-refractivity contribution >= 4 is 29.0 Å². The number of amides is 1. The molecule has 1 atom stereocenters. The number of hydrogen-bond donors (Lipinski definition) is 1. The first kappa shape index (κ1) is 24.4. The van der Waals surface area contributed by atoms with E-state index in [0.29, 0.717) is 47.4 Å². The van der Waals surface area contributed by atoms with Gasteiger partial charge in [-0.05, 0) is 67.1 Å². The fourth-order valence-corrected chi connectivity index (χ4v) is 4.84. The molecule has 0 bridgehead atoms. The molecule has 2 aliphatic rings. The molecule has 9 nitrogen and oxygen atoms in total. The van der Waals surface area contributed by atoms with Crippen LogP contribution < -0.4 is 14.8 Å². The number of aryl methyl sites for hydroxylation is 1. The van der Waals surface area contributed by atoms with Crippen LogP contribution in [0.5, 0.6) is 11.5 Å². The number of carbonyl (C=O) groups excluding carboxylic acids is 2. The molecule has 0 fully saturated rings. The predicted molar refractivity (Wildman–Crippen MR) is 146 cm³/mol. The number of nitrogens with zero attached hydrogens (tertiary/aromatic N) is 3. The van der Waals surface area contributed by atoms with Gasteiger partial charge in [-0.3, -0.25) is 9.79 Å². The zero-order chi connectivity index (χ0) is 26.9. The standard InChI is InChI=1S/C30H26N4O5/c1-3-37-30(36)20-6-10-22-23(16-20)33-29(35)26(22)27(19-7-11-24-25(17-19)39-15-14-38-24)32-21-8-4-18(5-9-21)28-31-12-13-34(28)2/h4-13,16-17,26H,3,14-15H2,1-2H3,(H,33,35). The summed E-state index contributed by atoms with van der Waals surface area (Å²) in [7, 11) is 1.94. The Labute approximate surface area is 225 Å². The minimum Gasteiger partial charge on any atom is -0.486 e. The van der Waals surface area contributed by atoms with Crippen molar-refractivity contribution in [2.45, 2.75) is 12.8 Å². The van der Waals surface area contributed by atoms with Gasteiger partial charge in [-0.15, -0.1) is 0 Å². The molecule has 0 radical (unpaired) electrons. The molecule has 1 amide bonds. The zero-order valence-corrected chi connectivity index (χ0v) is 21.5. The number of nitrogens with one attached hydrogen (secondary N) is 1. The van der Waals surface area contributed by atoms with Gasteiger partial charge in [-0.1, -0.05) is 6.07 Å². The summed E-state index contributed by atoms with van der Waals surface area (Å²) in [5, 5.41) is 2.92. The highest BCUT2D eigenvalue weighted by Crippen LogP contribution is 2.39. The van der Waals surface area contributed by atoms with Crippen LogP contribution in [-0.4, -0.2) is 47.0 Å². The molecule has 196 valence electrons. The third kappa shape index (κ3) is 4.63. The van der Waals surface area contributed by atoms with Crippen molar-refractivity contribution in [1.29, 1.82) is 0 Å². The van der Waals surface area contributed by atoms with Gasteiger partial charge >= 0.3 is 5.97 Å². The lowest BCUT2D eigenvalue weighted by Gasteiger charge is -2.20. The molecule has 1 aromatic heterocycles. The summed E-state index contributed by atoms with van der Waals surface area (Å²) < 4.78 is 18.6. The Hall–Kier alpha value is -4.92. The molecule has 0 aliphatic carbocycles. The number of benzene rings is 3. The van der Waals surface area contributed by atoms with Gasteiger partial charge in [0, 0.05) is 36.3 Å². The highest BCUT2D eigenvalue weighted by Gasteiger charge is 2.36. The first-order valence-electron chi connectivity index (χ1n) is 12.7. The van der Waals surface area contributed by atoms with Crippen molar-refractivity contribution in [1.82, 2.24) is 9.55 Å². The first-order valence-corrected chi connectivity index (χ1v) is 12.7. The Bertz CT molecular complexity index is 1610. The van der Waals surface area contributed by atoms with E-state index < -0.39 is 11.9 Å². The summed E-state index contributed by atoms with van der Waals surface area (Å²) in [4.78, 5) is 35.1. The van der Waals surface area contributed by atoms with E-state index in [1.165, 1.54) is 0 Å². The van der Waals surface area contributed by atoms with Crippen LogP contribution in [0.2, 0.25) is 0 Å². The van der Waals surface area contributed by atoms with Crippen LogP contribution >= 0.6 is 0 Å². The van der Waals surface area contributed by atoms with Crippen LogP contribution in [0.25, 0.3) is 11.4 Å². The van der Waals surface area contributed by atoms with Crippen LogP contribution in [-0.2, 0) is 16.6 Å². The second-order valence-corrected chi connectivity index (χ2v) is 9.21. The fourth-order valence-electron chi connectivity index (χ4n) is 4.84. The second kappa shape index (κ2) is 10.1. The number of imidazole rings is 1. The zero-order valence-electron chi connectivity index (χ0n) is 21.5. The second-order valence-electron chi connectivity index (χ2n) is 9.21. The lowest BCUT2D eigenvalue weighted by molar-refractivity contribution is -0.115. The molecule has 4 aromatic rings. The van der Waals surface area contributed by atoms with Gasteiger partial charge in [0.2, 0.25) is 5.91 Å². The van der Waals surface area contributed by atoms with Crippen molar-refractivity contribution < 1.29 is 23.8 Å². The van der Waals surface area contributed by atoms with Crippen molar-refractivity contribution in [3.05, 3.63) is 89.7 Å². The molecule has 9 heteroatoms. The number of aliphatic imine (C=N–C) groups is 1. The Morgan fingerprint density at radius 3 is 2.56 bits per heavy atom. The molecular weight excluding hydrogens is 496 g/mol. The Balaban J connectivity index is 1.43. The average molecular weight is 523 g/mol. The van der Waals surface area contributed by atoms with E-state index in [1.807, 2.05) is 60.3 Å². The number of esters is 1. The number of anilines is 1. The van der Waals surface area contributed by atoms with E-state index in [4.69, 9.17) is 19.2 Å². The summed E-state index contributed by atoms with van der Waals surface area (Å²) in [6.45, 7) is 2.95. The van der Waals surface area contributed by atoms with Gasteiger partial charge in [0.25, 0.3) is 0 Å². The van der Waals surface area contributed by atoms with E-state index in [9.17, 15) is 9.59 Å². The van der Waals surface area contributed by atoms with Crippen LogP contribution in [0.3, 0.4) is 0 Å². The lowest BCUT2D eigenvalue weighted by atomic mass is 9.90. The summed E-state index contributed by atoms with van der Waals surface area (Å²) >= 11 is 0. The SMILES string of the molecule is CCOC(=O)c1ccc2c(c1)NC(=O)C2C(=Nc1ccc(-c2nccn2C)cc1)c1ccc2c(c1)OCCO2. The summed E-state index contributed by atoms with van der Waals surface area (Å²) in [6, 6.07) is 18.4. The van der Waals surface area contributed by atoms with Gasteiger partial charge in [-0.25, -0.2) is 9.78 Å². The lowest BCUT2D eigenvalue weighted by Crippen LogP contribution is -2.22. The van der Waals surface area contributed by atoms with Gasteiger partial charge in [-0.2, -0.15) is 0 Å². The van der Waals surface area contributed by atoms with E-state index in [2.05, 4.69) is 10.3 Å². The minimum absolute atomic E-state index is 0.232. The van der Waals surface area contributed by atoms with E-state index >= 15 is 0 Å². The van der Waals surface area contributed by atoms with E-state index in [1.54, 1.807) is 31.3 Å². The van der Waals surface area contributed by atoms with Crippen molar-refractivity contribution in [2.24, 2.45) is 12.0 Å². The number of hydrogen-bond acceptors (Lipinski definition) is 7. The number of aromatic nitrogens is 2. The first-order chi connectivity index (χ1) is 19.0. The van der Waals surface area contributed by atoms with E-state index in [-0.39, 0.29) is 12.5 Å². The monoisotopic (exact) mass is 522 g/mol. The molecule has 0 saturated heterocycles. The van der Waals surface area contributed by atoms with Gasteiger partial charge in [0.15, 0.2) is 11.5 Å². The van der Waals surface area contributed by atoms with Crippen LogP contribution in [0, 0.1) is 0 Å². The number of ether oxygens (including phenoxy) is 3. The third-order valence-electron chi connectivity index (χ3n) is 6.70.